The molecule has 14 heavy (non-hydrogen) atoms. The van der Waals surface area contributed by atoms with Crippen LogP contribution in [0.4, 0.5) is 0 Å². The Morgan fingerprint density at radius 3 is 2.36 bits per heavy atom. The smallest absolute Gasteiger partial charge is 0.211 e. The summed E-state index contributed by atoms with van der Waals surface area (Å²) in [6, 6.07) is 0.0643. The summed E-state index contributed by atoms with van der Waals surface area (Å²) in [5.41, 5.74) is 0. The van der Waals surface area contributed by atoms with Gasteiger partial charge in [-0.2, -0.15) is 0 Å². The molecule has 4 aliphatic rings. The molecule has 0 heterocycles. The van der Waals surface area contributed by atoms with E-state index < -0.39 is 0 Å². The van der Waals surface area contributed by atoms with Crippen LogP contribution in [-0.2, 0) is 4.79 Å². The summed E-state index contributed by atoms with van der Waals surface area (Å²) in [5.74, 6) is 2.19. The van der Waals surface area contributed by atoms with Gasteiger partial charge >= 0.3 is 0 Å². The van der Waals surface area contributed by atoms with Gasteiger partial charge in [0.25, 0.3) is 0 Å². The number of rotatable bonds is 1. The molecule has 4 aliphatic carbocycles. The Labute approximate surface area is 88.7 Å². The van der Waals surface area contributed by atoms with Crippen LogP contribution in [0.3, 0.4) is 0 Å². The highest BCUT2D eigenvalue weighted by Crippen LogP contribution is 2.59. The Bertz CT molecular complexity index is 296. The van der Waals surface area contributed by atoms with Gasteiger partial charge in [0.15, 0.2) is 0 Å². The molecule has 3 heteroatoms. The predicted octanol–water partition coefficient (Wildman–Crippen LogP) is 2.51. The van der Waals surface area contributed by atoms with Gasteiger partial charge in [-0.05, 0) is 49.9 Å². The number of alkyl halides is 1. The number of isocyanates is 1. The summed E-state index contributed by atoms with van der Waals surface area (Å²) in [6.45, 7) is 0. The van der Waals surface area contributed by atoms with E-state index in [0.717, 1.165) is 24.7 Å². The Balaban J connectivity index is 1.97. The number of hydrogen-bond donors (Lipinski definition) is 0. The molecule has 0 aromatic heterocycles. The summed E-state index contributed by atoms with van der Waals surface area (Å²) < 4.78 is 0. The molecule has 0 aromatic carbocycles. The minimum absolute atomic E-state index is 0.0643. The van der Waals surface area contributed by atoms with Gasteiger partial charge in [-0.15, -0.1) is 11.6 Å². The van der Waals surface area contributed by atoms with E-state index in [9.17, 15) is 4.79 Å². The molecule has 4 fully saturated rings. The molecule has 76 valence electrons. The van der Waals surface area contributed by atoms with E-state index in [1.165, 1.54) is 19.3 Å². The molecule has 3 unspecified atom stereocenters. The fourth-order valence-corrected chi connectivity index (χ4v) is 4.86. The second-order valence-corrected chi connectivity index (χ2v) is 6.06. The third-order valence-electron chi connectivity index (χ3n) is 4.36. The molecule has 2 nitrogen and oxygen atoms in total. The van der Waals surface area contributed by atoms with Gasteiger partial charge in [0.1, 0.15) is 0 Å². The van der Waals surface area contributed by atoms with Crippen LogP contribution in [0.15, 0.2) is 4.99 Å². The maximum Gasteiger partial charge on any atom is 0.235 e. The third-order valence-corrected chi connectivity index (χ3v) is 4.90. The zero-order chi connectivity index (χ0) is 9.76. The Kier molecular flexibility index (Phi) is 1.81. The molecular formula is C11H14ClNO. The van der Waals surface area contributed by atoms with Crippen molar-refractivity contribution in [1.29, 1.82) is 0 Å². The van der Waals surface area contributed by atoms with E-state index in [4.69, 9.17) is 11.6 Å². The molecule has 0 spiro atoms. The van der Waals surface area contributed by atoms with Crippen LogP contribution in [0.5, 0.6) is 0 Å². The first-order valence-corrected chi connectivity index (χ1v) is 5.85. The lowest BCUT2D eigenvalue weighted by molar-refractivity contribution is 0.0167. The van der Waals surface area contributed by atoms with Gasteiger partial charge in [-0.1, -0.05) is 0 Å². The van der Waals surface area contributed by atoms with Crippen molar-refractivity contribution in [1.82, 2.24) is 0 Å². The van der Waals surface area contributed by atoms with E-state index in [-0.39, 0.29) is 10.9 Å². The molecule has 3 atom stereocenters. The first kappa shape index (κ1) is 8.94. The lowest BCUT2D eigenvalue weighted by Crippen LogP contribution is -2.56. The second kappa shape index (κ2) is 2.84. The highest BCUT2D eigenvalue weighted by molar-refractivity contribution is 6.24. The topological polar surface area (TPSA) is 29.4 Å². The van der Waals surface area contributed by atoms with Crippen molar-refractivity contribution in [3.8, 4) is 0 Å². The van der Waals surface area contributed by atoms with Crippen molar-refractivity contribution < 1.29 is 4.79 Å². The highest BCUT2D eigenvalue weighted by atomic mass is 35.5. The van der Waals surface area contributed by atoms with Crippen LogP contribution in [0.1, 0.15) is 32.1 Å². The molecule has 0 radical (unpaired) electrons. The summed E-state index contributed by atoms with van der Waals surface area (Å²) >= 11 is 6.60. The van der Waals surface area contributed by atoms with E-state index in [2.05, 4.69) is 4.99 Å². The minimum atomic E-state index is -0.188. The first-order valence-electron chi connectivity index (χ1n) is 5.47. The van der Waals surface area contributed by atoms with Gasteiger partial charge < -0.3 is 0 Å². The van der Waals surface area contributed by atoms with Crippen molar-refractivity contribution in [2.45, 2.75) is 43.0 Å². The summed E-state index contributed by atoms with van der Waals surface area (Å²) in [5, 5.41) is 0. The molecule has 0 N–H and O–H groups in total. The maximum absolute atomic E-state index is 10.4. The molecule has 0 aliphatic heterocycles. The van der Waals surface area contributed by atoms with Crippen LogP contribution >= 0.6 is 11.6 Å². The average Bonchev–Trinajstić information content (AvgIpc) is 2.09. The molecule has 0 aromatic rings. The highest BCUT2D eigenvalue weighted by Gasteiger charge is 2.56. The van der Waals surface area contributed by atoms with Crippen LogP contribution in [0, 0.1) is 17.8 Å². The quantitative estimate of drug-likeness (QED) is 0.372. The number of carbonyl (C=O) groups excluding carboxylic acids is 1. The van der Waals surface area contributed by atoms with Gasteiger partial charge in [0.05, 0.1) is 10.9 Å². The van der Waals surface area contributed by atoms with Crippen molar-refractivity contribution in [2.24, 2.45) is 22.7 Å². The van der Waals surface area contributed by atoms with E-state index in [1.54, 1.807) is 6.08 Å². The summed E-state index contributed by atoms with van der Waals surface area (Å²) in [4.78, 5) is 14.2. The molecule has 4 rings (SSSR count). The van der Waals surface area contributed by atoms with Gasteiger partial charge in [0, 0.05) is 0 Å². The van der Waals surface area contributed by atoms with E-state index >= 15 is 0 Å². The zero-order valence-corrected chi connectivity index (χ0v) is 8.83. The Morgan fingerprint density at radius 2 is 1.86 bits per heavy atom. The molecular weight excluding hydrogens is 198 g/mol. The Hall–Kier alpha value is -0.330. The lowest BCUT2D eigenvalue weighted by Gasteiger charge is -2.56. The Morgan fingerprint density at radius 1 is 1.21 bits per heavy atom. The molecule has 4 saturated carbocycles. The minimum Gasteiger partial charge on any atom is -0.211 e. The van der Waals surface area contributed by atoms with Gasteiger partial charge in [-0.25, -0.2) is 9.79 Å². The maximum atomic E-state index is 10.4. The third kappa shape index (κ3) is 1.11. The average molecular weight is 212 g/mol. The van der Waals surface area contributed by atoms with Gasteiger partial charge in [-0.3, -0.25) is 0 Å². The second-order valence-electron chi connectivity index (χ2n) is 5.31. The van der Waals surface area contributed by atoms with Crippen molar-refractivity contribution in [3.63, 3.8) is 0 Å². The van der Waals surface area contributed by atoms with Crippen LogP contribution in [0.25, 0.3) is 0 Å². The summed E-state index contributed by atoms with van der Waals surface area (Å²) in [7, 11) is 0. The molecule has 4 bridgehead atoms. The van der Waals surface area contributed by atoms with E-state index in [1.807, 2.05) is 0 Å². The number of nitrogens with zero attached hydrogens (tertiary/aromatic N) is 1. The lowest BCUT2D eigenvalue weighted by atomic mass is 9.54. The first-order chi connectivity index (χ1) is 6.71. The number of halogens is 1. The number of hydrogen-bond acceptors (Lipinski definition) is 2. The largest absolute Gasteiger partial charge is 0.235 e. The van der Waals surface area contributed by atoms with Crippen LogP contribution in [0.2, 0.25) is 0 Å². The van der Waals surface area contributed by atoms with Crippen molar-refractivity contribution in [3.05, 3.63) is 0 Å². The van der Waals surface area contributed by atoms with Crippen LogP contribution in [-0.4, -0.2) is 17.0 Å². The van der Waals surface area contributed by atoms with Gasteiger partial charge in [0.2, 0.25) is 6.08 Å². The van der Waals surface area contributed by atoms with Crippen LogP contribution < -0.4 is 0 Å². The standard InChI is InChI=1S/C11H14ClNO/c12-11-4-7-1-8(5-11)3-9(2-7)10(11)13-6-14/h7-10H,1-5H2. The van der Waals surface area contributed by atoms with Crippen molar-refractivity contribution in [2.75, 3.05) is 0 Å². The summed E-state index contributed by atoms with van der Waals surface area (Å²) in [6.07, 6.45) is 7.68. The fourth-order valence-electron chi connectivity index (χ4n) is 4.19. The van der Waals surface area contributed by atoms with Crippen molar-refractivity contribution >= 4 is 17.7 Å². The molecule has 0 amide bonds. The zero-order valence-electron chi connectivity index (χ0n) is 8.08. The fraction of sp³-hybridized carbons (Fsp3) is 0.909. The monoisotopic (exact) mass is 211 g/mol. The number of aliphatic imine (C=N–C) groups is 1. The van der Waals surface area contributed by atoms with E-state index in [0.29, 0.717) is 5.92 Å². The normalized spacial score (nSPS) is 54.4. The molecule has 0 saturated heterocycles. The predicted molar refractivity (Wildman–Crippen MR) is 54.0 cm³/mol. The SMILES string of the molecule is O=C=NC1C2CC3CC(C2)CC1(Cl)C3.